The molecule has 13 heteroatoms. The van der Waals surface area contributed by atoms with E-state index in [4.69, 9.17) is 4.74 Å². The molecule has 3 aromatic heterocycles. The number of likely N-dealkylation sites (tertiary alicyclic amines) is 1. The number of pyridine rings is 2. The van der Waals surface area contributed by atoms with Crippen molar-refractivity contribution < 1.29 is 32.6 Å². The Morgan fingerprint density at radius 3 is 2.55 bits per heavy atom. The summed E-state index contributed by atoms with van der Waals surface area (Å²) in [6.07, 6.45) is -3.59. The first-order valence-corrected chi connectivity index (χ1v) is 12.6. The molecule has 0 saturated carbocycles. The molecular formula is C27H27F3N6O4. The van der Waals surface area contributed by atoms with Crippen LogP contribution in [0.5, 0.6) is 0 Å². The lowest BCUT2D eigenvalue weighted by molar-refractivity contribution is -0.184. The number of halogens is 3. The van der Waals surface area contributed by atoms with E-state index in [1.807, 2.05) is 0 Å². The van der Waals surface area contributed by atoms with E-state index in [2.05, 4.69) is 20.5 Å². The highest BCUT2D eigenvalue weighted by atomic mass is 19.4. The Morgan fingerprint density at radius 1 is 1.10 bits per heavy atom. The van der Waals surface area contributed by atoms with Crippen LogP contribution in [-0.2, 0) is 4.74 Å². The molecule has 4 aromatic rings. The van der Waals surface area contributed by atoms with E-state index in [-0.39, 0.29) is 30.0 Å². The minimum Gasteiger partial charge on any atom is -0.478 e. The van der Waals surface area contributed by atoms with Gasteiger partial charge < -0.3 is 15.2 Å². The van der Waals surface area contributed by atoms with Gasteiger partial charge in [-0.15, -0.1) is 10.2 Å². The number of nitrogens with zero attached hydrogens (tertiary/aromatic N) is 5. The highest BCUT2D eigenvalue weighted by Gasteiger charge is 2.47. The predicted molar refractivity (Wildman–Crippen MR) is 139 cm³/mol. The smallest absolute Gasteiger partial charge is 0.408 e. The van der Waals surface area contributed by atoms with Crippen LogP contribution in [0.15, 0.2) is 48.7 Å². The number of fused-ring (bicyclic) bond motifs is 2. The number of hydrogen-bond acceptors (Lipinski definition) is 7. The number of carboxylic acids is 1. The number of benzene rings is 1. The van der Waals surface area contributed by atoms with E-state index < -0.39 is 35.9 Å². The lowest BCUT2D eigenvalue weighted by atomic mass is 10.1. The normalized spacial score (nSPS) is 17.3. The minimum absolute atomic E-state index is 0.00532. The number of carbonyl (C=O) groups is 2. The number of carbonyl (C=O) groups excluding carboxylic acids is 1. The summed E-state index contributed by atoms with van der Waals surface area (Å²) in [5, 5.41) is 20.9. The van der Waals surface area contributed by atoms with Crippen LogP contribution in [0.25, 0.3) is 28.1 Å². The molecule has 2 unspecified atom stereocenters. The molecule has 0 aliphatic carbocycles. The number of amides is 1. The van der Waals surface area contributed by atoms with Crippen molar-refractivity contribution in [1.82, 2.24) is 29.8 Å². The highest BCUT2D eigenvalue weighted by molar-refractivity contribution is 5.93. The van der Waals surface area contributed by atoms with Crippen LogP contribution >= 0.6 is 0 Å². The van der Waals surface area contributed by atoms with E-state index in [1.54, 1.807) is 39.0 Å². The molecule has 1 aromatic carbocycles. The summed E-state index contributed by atoms with van der Waals surface area (Å²) in [7, 11) is 0. The minimum atomic E-state index is -4.60. The van der Waals surface area contributed by atoms with Gasteiger partial charge in [-0.05, 0) is 57.0 Å². The van der Waals surface area contributed by atoms with Gasteiger partial charge in [-0.2, -0.15) is 13.2 Å². The zero-order valence-electron chi connectivity index (χ0n) is 21.9. The SMILES string of the molecule is CC(C)(C)OC(=O)NC1CCN(C(c2ccc3nnc(-c4ccc5ccc(C(=O)O)cc5n4)n3c2)C(F)(F)F)C1. The molecule has 1 aliphatic heterocycles. The monoisotopic (exact) mass is 556 g/mol. The standard InChI is InChI=1S/C27H27F3N6O4/c1-26(2,3)40-25(39)31-18-10-11-35(14-18)22(27(28,29)30)17-7-9-21-33-34-23(36(21)13-17)19-8-6-15-4-5-16(24(37)38)12-20(15)32-19/h4-9,12-13,18,22H,10-11,14H2,1-3H3,(H,31,39)(H,37,38). The fraction of sp³-hybridized carbons (Fsp3) is 0.370. The van der Waals surface area contributed by atoms with E-state index >= 15 is 0 Å². The van der Waals surface area contributed by atoms with Crippen LogP contribution in [0.1, 0.15) is 49.2 Å². The van der Waals surface area contributed by atoms with Gasteiger partial charge in [0.05, 0.1) is 11.1 Å². The molecule has 210 valence electrons. The lowest BCUT2D eigenvalue weighted by Gasteiger charge is -2.30. The van der Waals surface area contributed by atoms with Gasteiger partial charge >= 0.3 is 18.2 Å². The van der Waals surface area contributed by atoms with Gasteiger partial charge in [0.25, 0.3) is 0 Å². The number of nitrogens with one attached hydrogen (secondary N) is 1. The summed E-state index contributed by atoms with van der Waals surface area (Å²) >= 11 is 0. The molecule has 1 saturated heterocycles. The molecule has 1 amide bonds. The zero-order chi connectivity index (χ0) is 28.8. The van der Waals surface area contributed by atoms with E-state index in [0.717, 1.165) is 0 Å². The van der Waals surface area contributed by atoms with Gasteiger partial charge in [0, 0.05) is 30.7 Å². The van der Waals surface area contributed by atoms with E-state index in [9.17, 15) is 27.9 Å². The van der Waals surface area contributed by atoms with Crippen molar-refractivity contribution in [3.8, 4) is 11.5 Å². The number of hydrogen-bond donors (Lipinski definition) is 2. The molecule has 5 rings (SSSR count). The lowest BCUT2D eigenvalue weighted by Crippen LogP contribution is -2.42. The van der Waals surface area contributed by atoms with Gasteiger partial charge in [-0.3, -0.25) is 9.30 Å². The van der Waals surface area contributed by atoms with Crippen molar-refractivity contribution in [3.63, 3.8) is 0 Å². The number of aromatic carboxylic acids is 1. The summed E-state index contributed by atoms with van der Waals surface area (Å²) in [5.74, 6) is -0.887. The van der Waals surface area contributed by atoms with Gasteiger partial charge in [0.1, 0.15) is 17.3 Å². The van der Waals surface area contributed by atoms with Gasteiger partial charge in [-0.25, -0.2) is 14.6 Å². The molecule has 40 heavy (non-hydrogen) atoms. The Balaban J connectivity index is 1.45. The maximum absolute atomic E-state index is 14.4. The van der Waals surface area contributed by atoms with Crippen LogP contribution < -0.4 is 5.32 Å². The third kappa shape index (κ3) is 5.69. The molecular weight excluding hydrogens is 529 g/mol. The van der Waals surface area contributed by atoms with Crippen LogP contribution in [0.4, 0.5) is 18.0 Å². The first-order valence-electron chi connectivity index (χ1n) is 12.6. The largest absolute Gasteiger partial charge is 0.478 e. The molecule has 2 atom stereocenters. The Kier molecular flexibility index (Phi) is 6.86. The predicted octanol–water partition coefficient (Wildman–Crippen LogP) is 4.85. The quantitative estimate of drug-likeness (QED) is 0.358. The number of alkyl carbamates (subject to hydrolysis) is 1. The van der Waals surface area contributed by atoms with E-state index in [1.165, 1.54) is 39.8 Å². The summed E-state index contributed by atoms with van der Waals surface area (Å²) in [6.45, 7) is 5.25. The third-order valence-electron chi connectivity index (χ3n) is 6.52. The molecule has 0 radical (unpaired) electrons. The second-order valence-electron chi connectivity index (χ2n) is 10.7. The molecule has 1 fully saturated rings. The van der Waals surface area contributed by atoms with E-state index in [0.29, 0.717) is 28.7 Å². The third-order valence-corrected chi connectivity index (χ3v) is 6.52. The molecule has 10 nitrogen and oxygen atoms in total. The number of aromatic nitrogens is 4. The van der Waals surface area contributed by atoms with Crippen molar-refractivity contribution >= 4 is 28.6 Å². The summed E-state index contributed by atoms with van der Waals surface area (Å²) in [5.41, 5.74) is 0.370. The fourth-order valence-electron chi connectivity index (χ4n) is 4.84. The first-order chi connectivity index (χ1) is 18.8. The van der Waals surface area contributed by atoms with Crippen molar-refractivity contribution in [3.05, 3.63) is 59.8 Å². The first kappa shape index (κ1) is 27.3. The number of ether oxygens (including phenoxy) is 1. The highest BCUT2D eigenvalue weighted by Crippen LogP contribution is 2.40. The topological polar surface area (TPSA) is 122 Å². The van der Waals surface area contributed by atoms with Gasteiger partial charge in [0.2, 0.25) is 0 Å². The zero-order valence-corrected chi connectivity index (χ0v) is 21.9. The second kappa shape index (κ2) is 10.0. The number of carboxylic acid groups (broad SMARTS) is 1. The molecule has 0 spiro atoms. The maximum atomic E-state index is 14.4. The van der Waals surface area contributed by atoms with Gasteiger partial charge in [-0.1, -0.05) is 18.2 Å². The number of rotatable bonds is 5. The second-order valence-corrected chi connectivity index (χ2v) is 10.7. The van der Waals surface area contributed by atoms with Crippen LogP contribution in [0.2, 0.25) is 0 Å². The van der Waals surface area contributed by atoms with Crippen molar-refractivity contribution in [2.45, 2.75) is 51.1 Å². The Hall–Kier alpha value is -4.26. The molecule has 4 heterocycles. The molecule has 2 N–H and O–H groups in total. The summed E-state index contributed by atoms with van der Waals surface area (Å²) in [6, 6.07) is 8.30. The van der Waals surface area contributed by atoms with Crippen LogP contribution in [0.3, 0.4) is 0 Å². The maximum Gasteiger partial charge on any atom is 0.408 e. The van der Waals surface area contributed by atoms with Crippen molar-refractivity contribution in [1.29, 1.82) is 0 Å². The average Bonchev–Trinajstić information content (AvgIpc) is 3.48. The number of alkyl halides is 3. The fourth-order valence-corrected chi connectivity index (χ4v) is 4.84. The van der Waals surface area contributed by atoms with Crippen LogP contribution in [-0.4, -0.2) is 72.6 Å². The van der Waals surface area contributed by atoms with Gasteiger partial charge in [0.15, 0.2) is 11.5 Å². The Labute approximate surface area is 226 Å². The Morgan fingerprint density at radius 2 is 1.85 bits per heavy atom. The van der Waals surface area contributed by atoms with Crippen molar-refractivity contribution in [2.75, 3.05) is 13.1 Å². The molecule has 0 bridgehead atoms. The average molecular weight is 557 g/mol. The molecule has 1 aliphatic rings. The van der Waals surface area contributed by atoms with Crippen LogP contribution in [0, 0.1) is 0 Å². The van der Waals surface area contributed by atoms with Crippen molar-refractivity contribution in [2.24, 2.45) is 0 Å². The summed E-state index contributed by atoms with van der Waals surface area (Å²) in [4.78, 5) is 29.3. The summed E-state index contributed by atoms with van der Waals surface area (Å²) < 4.78 is 50.0. The Bertz CT molecular complexity index is 1600.